The number of aromatic nitrogens is 4. The molecule has 0 spiro atoms. The summed E-state index contributed by atoms with van der Waals surface area (Å²) >= 11 is 0. The van der Waals surface area contributed by atoms with Gasteiger partial charge in [0, 0.05) is 36.6 Å². The number of imidazole rings is 1. The molecule has 3 rings (SSSR count). The number of rotatable bonds is 5. The van der Waals surface area contributed by atoms with Crippen molar-refractivity contribution in [3.63, 3.8) is 0 Å². The van der Waals surface area contributed by atoms with E-state index in [1.165, 1.54) is 0 Å². The highest BCUT2D eigenvalue weighted by atomic mass is 16.1. The van der Waals surface area contributed by atoms with Crippen LogP contribution in [0.1, 0.15) is 16.1 Å². The molecule has 106 valence electrons. The second-order valence-corrected chi connectivity index (χ2v) is 4.63. The molecule has 2 heterocycles. The molecule has 0 saturated carbocycles. The number of H-pyrrole nitrogens is 2. The summed E-state index contributed by atoms with van der Waals surface area (Å²) in [5.41, 5.74) is 3.58. The lowest BCUT2D eigenvalue weighted by Crippen LogP contribution is -2.25. The Morgan fingerprint density at radius 1 is 1.19 bits per heavy atom. The van der Waals surface area contributed by atoms with Crippen LogP contribution in [0, 0.1) is 0 Å². The van der Waals surface area contributed by atoms with Crippen molar-refractivity contribution in [2.24, 2.45) is 0 Å². The van der Waals surface area contributed by atoms with Gasteiger partial charge in [-0.2, -0.15) is 5.10 Å². The fourth-order valence-electron chi connectivity index (χ4n) is 2.05. The molecule has 3 N–H and O–H groups in total. The molecule has 0 fully saturated rings. The molecule has 21 heavy (non-hydrogen) atoms. The van der Waals surface area contributed by atoms with E-state index in [4.69, 9.17) is 0 Å². The van der Waals surface area contributed by atoms with Crippen molar-refractivity contribution in [2.45, 2.75) is 6.42 Å². The van der Waals surface area contributed by atoms with Crippen LogP contribution in [0.25, 0.3) is 11.3 Å². The molecule has 6 heteroatoms. The third-order valence-corrected chi connectivity index (χ3v) is 3.19. The van der Waals surface area contributed by atoms with E-state index in [0.717, 1.165) is 23.4 Å². The SMILES string of the molecule is O=C(NCCc1cnc[nH]1)c1ccc(-c2ccn[nH]2)cc1. The van der Waals surface area contributed by atoms with Gasteiger partial charge in [-0.25, -0.2) is 4.98 Å². The smallest absolute Gasteiger partial charge is 0.251 e. The topological polar surface area (TPSA) is 86.5 Å². The second kappa shape index (κ2) is 6.04. The summed E-state index contributed by atoms with van der Waals surface area (Å²) in [5, 5.41) is 9.69. The molecule has 3 aromatic rings. The quantitative estimate of drug-likeness (QED) is 0.666. The van der Waals surface area contributed by atoms with Gasteiger partial charge < -0.3 is 10.3 Å². The molecule has 0 radical (unpaired) electrons. The molecular weight excluding hydrogens is 266 g/mol. The number of hydrogen-bond acceptors (Lipinski definition) is 3. The highest BCUT2D eigenvalue weighted by Crippen LogP contribution is 2.16. The Kier molecular flexibility index (Phi) is 3.77. The van der Waals surface area contributed by atoms with E-state index in [1.807, 2.05) is 30.3 Å². The largest absolute Gasteiger partial charge is 0.352 e. The van der Waals surface area contributed by atoms with Crippen molar-refractivity contribution < 1.29 is 4.79 Å². The van der Waals surface area contributed by atoms with Crippen LogP contribution in [0.2, 0.25) is 0 Å². The van der Waals surface area contributed by atoms with Gasteiger partial charge in [0.15, 0.2) is 0 Å². The zero-order chi connectivity index (χ0) is 14.5. The Balaban J connectivity index is 1.57. The third-order valence-electron chi connectivity index (χ3n) is 3.19. The lowest BCUT2D eigenvalue weighted by atomic mass is 10.1. The number of nitrogens with one attached hydrogen (secondary N) is 3. The summed E-state index contributed by atoms with van der Waals surface area (Å²) in [6, 6.07) is 9.30. The van der Waals surface area contributed by atoms with Crippen molar-refractivity contribution in [1.82, 2.24) is 25.5 Å². The first-order valence-electron chi connectivity index (χ1n) is 6.68. The Hall–Kier alpha value is -2.89. The average molecular weight is 281 g/mol. The van der Waals surface area contributed by atoms with E-state index >= 15 is 0 Å². The zero-order valence-corrected chi connectivity index (χ0v) is 11.3. The lowest BCUT2D eigenvalue weighted by molar-refractivity contribution is 0.0954. The summed E-state index contributed by atoms with van der Waals surface area (Å²) < 4.78 is 0. The maximum Gasteiger partial charge on any atom is 0.251 e. The fourth-order valence-corrected chi connectivity index (χ4v) is 2.05. The number of carbonyl (C=O) groups excluding carboxylic acids is 1. The molecule has 0 saturated heterocycles. The normalized spacial score (nSPS) is 10.5. The molecule has 1 amide bonds. The molecule has 0 aliphatic rings. The molecule has 6 nitrogen and oxygen atoms in total. The Labute approximate surface area is 121 Å². The number of benzene rings is 1. The molecule has 2 aromatic heterocycles. The van der Waals surface area contributed by atoms with Crippen LogP contribution in [0.15, 0.2) is 49.1 Å². The zero-order valence-electron chi connectivity index (χ0n) is 11.3. The monoisotopic (exact) mass is 281 g/mol. The highest BCUT2D eigenvalue weighted by Gasteiger charge is 2.06. The van der Waals surface area contributed by atoms with Gasteiger partial charge in [0.25, 0.3) is 5.91 Å². The first-order valence-corrected chi connectivity index (χ1v) is 6.68. The maximum absolute atomic E-state index is 12.0. The number of amides is 1. The van der Waals surface area contributed by atoms with Crippen LogP contribution in [-0.2, 0) is 6.42 Å². The number of hydrogen-bond donors (Lipinski definition) is 3. The van der Waals surface area contributed by atoms with Crippen LogP contribution >= 0.6 is 0 Å². The van der Waals surface area contributed by atoms with Crippen molar-refractivity contribution in [3.05, 3.63) is 60.3 Å². The van der Waals surface area contributed by atoms with Gasteiger partial charge in [-0.05, 0) is 23.8 Å². The summed E-state index contributed by atoms with van der Waals surface area (Å²) in [6.45, 7) is 0.573. The lowest BCUT2D eigenvalue weighted by Gasteiger charge is -2.05. The van der Waals surface area contributed by atoms with Crippen LogP contribution in [0.4, 0.5) is 0 Å². The highest BCUT2D eigenvalue weighted by molar-refractivity contribution is 5.94. The number of nitrogens with zero attached hydrogens (tertiary/aromatic N) is 2. The standard InChI is InChI=1S/C15H15N5O/c21-15(17-7-5-13-9-16-10-18-13)12-3-1-11(2-4-12)14-6-8-19-20-14/h1-4,6,8-10H,5,7H2,(H,16,18)(H,17,21)(H,19,20). The first-order chi connectivity index (χ1) is 10.3. The molecular formula is C15H15N5O. The Morgan fingerprint density at radius 2 is 2.05 bits per heavy atom. The van der Waals surface area contributed by atoms with E-state index in [2.05, 4.69) is 25.5 Å². The second-order valence-electron chi connectivity index (χ2n) is 4.63. The van der Waals surface area contributed by atoms with Crippen LogP contribution in [0.5, 0.6) is 0 Å². The molecule has 0 aliphatic heterocycles. The predicted octanol–water partition coefficient (Wildman–Crippen LogP) is 1.77. The van der Waals surface area contributed by atoms with Gasteiger partial charge in [0.2, 0.25) is 0 Å². The first kappa shape index (κ1) is 13.1. The van der Waals surface area contributed by atoms with Crippen molar-refractivity contribution in [2.75, 3.05) is 6.54 Å². The Morgan fingerprint density at radius 3 is 2.71 bits per heavy atom. The fraction of sp³-hybridized carbons (Fsp3) is 0.133. The number of aromatic amines is 2. The minimum Gasteiger partial charge on any atom is -0.352 e. The van der Waals surface area contributed by atoms with E-state index in [9.17, 15) is 4.79 Å². The van der Waals surface area contributed by atoms with Crippen molar-refractivity contribution in [3.8, 4) is 11.3 Å². The molecule has 0 unspecified atom stereocenters. The predicted molar refractivity (Wildman–Crippen MR) is 78.6 cm³/mol. The van der Waals surface area contributed by atoms with Crippen LogP contribution in [-0.4, -0.2) is 32.6 Å². The van der Waals surface area contributed by atoms with Crippen LogP contribution in [0.3, 0.4) is 0 Å². The summed E-state index contributed by atoms with van der Waals surface area (Å²) in [6.07, 6.45) is 5.82. The summed E-state index contributed by atoms with van der Waals surface area (Å²) in [4.78, 5) is 19.0. The molecule has 0 aliphatic carbocycles. The van der Waals surface area contributed by atoms with Gasteiger partial charge in [0.1, 0.15) is 0 Å². The Bertz CT molecular complexity index is 686. The molecule has 1 aromatic carbocycles. The summed E-state index contributed by atoms with van der Waals surface area (Å²) in [5.74, 6) is -0.0781. The van der Waals surface area contributed by atoms with Crippen LogP contribution < -0.4 is 5.32 Å². The minimum absolute atomic E-state index is 0.0781. The maximum atomic E-state index is 12.0. The third kappa shape index (κ3) is 3.17. The molecule has 0 bridgehead atoms. The van der Waals surface area contributed by atoms with E-state index < -0.39 is 0 Å². The van der Waals surface area contributed by atoms with Gasteiger partial charge in [0.05, 0.1) is 12.0 Å². The minimum atomic E-state index is -0.0781. The van der Waals surface area contributed by atoms with E-state index in [0.29, 0.717) is 12.1 Å². The van der Waals surface area contributed by atoms with Gasteiger partial charge in [-0.15, -0.1) is 0 Å². The summed E-state index contributed by atoms with van der Waals surface area (Å²) in [7, 11) is 0. The van der Waals surface area contributed by atoms with E-state index in [-0.39, 0.29) is 5.91 Å². The molecule has 0 atom stereocenters. The van der Waals surface area contributed by atoms with Gasteiger partial charge >= 0.3 is 0 Å². The number of carbonyl (C=O) groups is 1. The van der Waals surface area contributed by atoms with Gasteiger partial charge in [-0.3, -0.25) is 9.89 Å². The van der Waals surface area contributed by atoms with Gasteiger partial charge in [-0.1, -0.05) is 12.1 Å². The van der Waals surface area contributed by atoms with Crippen molar-refractivity contribution in [1.29, 1.82) is 0 Å². The average Bonchev–Trinajstić information content (AvgIpc) is 3.21. The van der Waals surface area contributed by atoms with Crippen molar-refractivity contribution >= 4 is 5.91 Å². The van der Waals surface area contributed by atoms with E-state index in [1.54, 1.807) is 18.7 Å².